The molecule has 0 aromatic heterocycles. The minimum atomic E-state index is -0.941. The molecule has 0 fully saturated rings. The lowest BCUT2D eigenvalue weighted by Gasteiger charge is -2.26. The number of carboxylic acid groups (broad SMARTS) is 1. The highest BCUT2D eigenvalue weighted by molar-refractivity contribution is 8.14. The second-order valence-electron chi connectivity index (χ2n) is 5.37. The number of nitrogens with one attached hydrogen (secondary N) is 1. The van der Waals surface area contributed by atoms with Crippen molar-refractivity contribution in [3.63, 3.8) is 0 Å². The summed E-state index contributed by atoms with van der Waals surface area (Å²) in [6, 6.07) is 6.72. The van der Waals surface area contributed by atoms with Crippen molar-refractivity contribution in [2.75, 3.05) is 19.0 Å². The van der Waals surface area contributed by atoms with E-state index in [0.717, 1.165) is 17.3 Å². The van der Waals surface area contributed by atoms with Crippen LogP contribution in [0.3, 0.4) is 0 Å². The van der Waals surface area contributed by atoms with Gasteiger partial charge in [0, 0.05) is 11.3 Å². The number of thioether (sulfide) groups is 1. The molecule has 26 heavy (non-hydrogen) atoms. The van der Waals surface area contributed by atoms with E-state index in [1.54, 1.807) is 13.8 Å². The van der Waals surface area contributed by atoms with E-state index < -0.39 is 18.0 Å². The van der Waals surface area contributed by atoms with Crippen LogP contribution in [0.5, 0.6) is 5.75 Å². The highest BCUT2D eigenvalue weighted by Gasteiger charge is 2.32. The first kappa shape index (κ1) is 19.8. The molecule has 8 heteroatoms. The predicted molar refractivity (Wildman–Crippen MR) is 100 cm³/mol. The van der Waals surface area contributed by atoms with Crippen LogP contribution in [0.15, 0.2) is 40.5 Å². The zero-order valence-corrected chi connectivity index (χ0v) is 15.8. The summed E-state index contributed by atoms with van der Waals surface area (Å²) >= 11 is 1.07. The third-order valence-corrected chi connectivity index (χ3v) is 4.43. The number of rotatable bonds is 7. The number of allylic oxidation sites excluding steroid dienone is 1. The third-order valence-electron chi connectivity index (χ3n) is 3.56. The van der Waals surface area contributed by atoms with Crippen LogP contribution < -0.4 is 10.1 Å². The van der Waals surface area contributed by atoms with Gasteiger partial charge in [0.1, 0.15) is 11.8 Å². The maximum atomic E-state index is 12.5. The second kappa shape index (κ2) is 9.28. The van der Waals surface area contributed by atoms with Crippen LogP contribution in [0.4, 0.5) is 0 Å². The number of esters is 1. The van der Waals surface area contributed by atoms with Gasteiger partial charge in [-0.2, -0.15) is 0 Å². The van der Waals surface area contributed by atoms with E-state index in [2.05, 4.69) is 10.3 Å². The van der Waals surface area contributed by atoms with Gasteiger partial charge in [0.25, 0.3) is 0 Å². The van der Waals surface area contributed by atoms with E-state index in [1.807, 2.05) is 31.2 Å². The van der Waals surface area contributed by atoms with Gasteiger partial charge in [-0.25, -0.2) is 9.79 Å². The highest BCUT2D eigenvalue weighted by Crippen LogP contribution is 2.37. The molecule has 0 radical (unpaired) electrons. The van der Waals surface area contributed by atoms with Crippen LogP contribution in [-0.2, 0) is 14.3 Å². The molecule has 1 aromatic rings. The molecule has 1 aliphatic rings. The Kier molecular flexibility index (Phi) is 7.08. The van der Waals surface area contributed by atoms with Crippen molar-refractivity contribution in [1.82, 2.24) is 5.32 Å². The predicted octanol–water partition coefficient (Wildman–Crippen LogP) is 2.74. The van der Waals surface area contributed by atoms with Gasteiger partial charge >= 0.3 is 11.9 Å². The smallest absolute Gasteiger partial charge is 0.338 e. The molecule has 0 saturated heterocycles. The Bertz CT molecular complexity index is 745. The van der Waals surface area contributed by atoms with Crippen LogP contribution in [0.2, 0.25) is 0 Å². The summed E-state index contributed by atoms with van der Waals surface area (Å²) in [5.74, 6) is -0.903. The Hall–Kier alpha value is -2.48. The van der Waals surface area contributed by atoms with Crippen molar-refractivity contribution >= 4 is 28.9 Å². The highest BCUT2D eigenvalue weighted by atomic mass is 32.2. The quantitative estimate of drug-likeness (QED) is 0.704. The van der Waals surface area contributed by atoms with Crippen LogP contribution >= 0.6 is 11.8 Å². The minimum Gasteiger partial charge on any atom is -0.494 e. The number of carbonyl (C=O) groups excluding carboxylic acids is 1. The van der Waals surface area contributed by atoms with Gasteiger partial charge in [0.05, 0.1) is 24.5 Å². The van der Waals surface area contributed by atoms with E-state index in [9.17, 15) is 9.59 Å². The summed E-state index contributed by atoms with van der Waals surface area (Å²) < 4.78 is 10.9. The molecule has 0 saturated carbocycles. The molecule has 1 atom stereocenters. The molecule has 2 rings (SSSR count). The fourth-order valence-corrected chi connectivity index (χ4v) is 3.21. The molecule has 0 bridgehead atoms. The summed E-state index contributed by atoms with van der Waals surface area (Å²) in [5.41, 5.74) is 1.70. The lowest BCUT2D eigenvalue weighted by molar-refractivity contribution is -0.139. The standard InChI is InChI=1S/C18H22N2O5S/c1-4-24-13-9-7-6-8-12(13)16-15(17(23)25-5-2)11(3)19-18(20-16)26-10-14(21)22/h6-9,16H,4-5,10H2,1-3H3,(H,19,20)(H,21,22)/t16-/m0/s1. The van der Waals surface area contributed by atoms with E-state index >= 15 is 0 Å². The number of ether oxygens (including phenoxy) is 2. The Labute approximate surface area is 156 Å². The van der Waals surface area contributed by atoms with Crippen molar-refractivity contribution in [3.8, 4) is 5.75 Å². The molecular weight excluding hydrogens is 356 g/mol. The maximum absolute atomic E-state index is 12.5. The molecule has 7 nitrogen and oxygen atoms in total. The number of amidine groups is 1. The first-order valence-corrected chi connectivity index (χ1v) is 9.25. The zero-order valence-electron chi connectivity index (χ0n) is 14.9. The van der Waals surface area contributed by atoms with Crippen molar-refractivity contribution in [2.24, 2.45) is 4.99 Å². The average molecular weight is 378 g/mol. The number of aliphatic carboxylic acids is 1. The number of carboxylic acids is 1. The number of para-hydroxylation sites is 1. The van der Waals surface area contributed by atoms with E-state index in [-0.39, 0.29) is 12.4 Å². The van der Waals surface area contributed by atoms with Crippen LogP contribution in [0.25, 0.3) is 0 Å². The molecule has 0 aliphatic carbocycles. The van der Waals surface area contributed by atoms with Crippen molar-refractivity contribution in [3.05, 3.63) is 41.1 Å². The molecule has 2 N–H and O–H groups in total. The summed E-state index contributed by atoms with van der Waals surface area (Å²) in [6.07, 6.45) is 0. The van der Waals surface area contributed by atoms with E-state index in [1.165, 1.54) is 0 Å². The van der Waals surface area contributed by atoms with Crippen LogP contribution in [0, 0.1) is 0 Å². The molecule has 0 unspecified atom stereocenters. The molecule has 0 amide bonds. The SMILES string of the molecule is CCOC(=O)C1=C(C)NC(SCC(=O)O)=N[C@H]1c1ccccc1OCC. The van der Waals surface area contributed by atoms with Crippen molar-refractivity contribution < 1.29 is 24.2 Å². The minimum absolute atomic E-state index is 0.131. The van der Waals surface area contributed by atoms with Gasteiger partial charge in [0.2, 0.25) is 0 Å². The van der Waals surface area contributed by atoms with Gasteiger partial charge < -0.3 is 19.9 Å². The Morgan fingerprint density at radius 1 is 1.27 bits per heavy atom. The largest absolute Gasteiger partial charge is 0.494 e. The number of hydrogen-bond acceptors (Lipinski definition) is 7. The number of carbonyl (C=O) groups is 2. The molecule has 1 aliphatic heterocycles. The maximum Gasteiger partial charge on any atom is 0.338 e. The summed E-state index contributed by atoms with van der Waals surface area (Å²) in [6.45, 7) is 6.09. The number of aliphatic imine (C=N–C) groups is 1. The summed E-state index contributed by atoms with van der Waals surface area (Å²) in [7, 11) is 0. The van der Waals surface area contributed by atoms with Gasteiger partial charge in [-0.15, -0.1) is 0 Å². The normalized spacial score (nSPS) is 16.6. The first-order valence-electron chi connectivity index (χ1n) is 8.26. The van der Waals surface area contributed by atoms with Gasteiger partial charge in [-0.1, -0.05) is 30.0 Å². The zero-order chi connectivity index (χ0) is 19.1. The van der Waals surface area contributed by atoms with Crippen LogP contribution in [-0.4, -0.2) is 41.2 Å². The first-order chi connectivity index (χ1) is 12.5. The van der Waals surface area contributed by atoms with E-state index in [4.69, 9.17) is 14.6 Å². The lowest BCUT2D eigenvalue weighted by atomic mass is 9.96. The van der Waals surface area contributed by atoms with Crippen molar-refractivity contribution in [1.29, 1.82) is 0 Å². The molecule has 1 heterocycles. The number of benzene rings is 1. The van der Waals surface area contributed by atoms with Crippen LogP contribution in [0.1, 0.15) is 32.4 Å². The van der Waals surface area contributed by atoms with Gasteiger partial charge in [-0.05, 0) is 26.8 Å². The molecule has 1 aromatic carbocycles. The molecular formula is C18H22N2O5S. The van der Waals surface area contributed by atoms with Crippen molar-refractivity contribution in [2.45, 2.75) is 26.8 Å². The summed E-state index contributed by atoms with van der Waals surface area (Å²) in [5, 5.41) is 12.3. The second-order valence-corrected chi connectivity index (χ2v) is 6.34. The lowest BCUT2D eigenvalue weighted by Crippen LogP contribution is -2.31. The topological polar surface area (TPSA) is 97.2 Å². The third kappa shape index (κ3) is 4.78. The number of hydrogen-bond donors (Lipinski definition) is 2. The van der Waals surface area contributed by atoms with E-state index in [0.29, 0.717) is 28.8 Å². The monoisotopic (exact) mass is 378 g/mol. The Balaban J connectivity index is 2.47. The number of nitrogens with zero attached hydrogens (tertiary/aromatic N) is 1. The summed E-state index contributed by atoms with van der Waals surface area (Å²) in [4.78, 5) is 27.9. The Morgan fingerprint density at radius 2 is 2.00 bits per heavy atom. The fourth-order valence-electron chi connectivity index (χ4n) is 2.54. The van der Waals surface area contributed by atoms with Gasteiger partial charge in [-0.3, -0.25) is 4.79 Å². The molecule has 0 spiro atoms. The average Bonchev–Trinajstić information content (AvgIpc) is 2.60. The fraction of sp³-hybridized carbons (Fsp3) is 0.389. The molecule has 140 valence electrons. The van der Waals surface area contributed by atoms with Gasteiger partial charge in [0.15, 0.2) is 5.17 Å². The Morgan fingerprint density at radius 3 is 2.65 bits per heavy atom.